The highest BCUT2D eigenvalue weighted by atomic mass is 32.1. The van der Waals surface area contributed by atoms with Crippen LogP contribution in [0.4, 0.5) is 0 Å². The second-order valence-electron chi connectivity index (χ2n) is 9.71. The molecular weight excluding hydrogens is 466 g/mol. The number of aromatic hydroxyl groups is 1. The van der Waals surface area contributed by atoms with Crippen molar-refractivity contribution in [2.24, 2.45) is 0 Å². The van der Waals surface area contributed by atoms with Gasteiger partial charge in [-0.3, -0.25) is 9.69 Å². The predicted molar refractivity (Wildman–Crippen MR) is 149 cm³/mol. The maximum atomic E-state index is 13.8. The molecule has 4 aromatic rings. The number of carbonyl (C=O) groups is 1. The first-order valence-corrected chi connectivity index (χ1v) is 13.6. The summed E-state index contributed by atoms with van der Waals surface area (Å²) in [7, 11) is 0. The van der Waals surface area contributed by atoms with Gasteiger partial charge < -0.3 is 9.84 Å². The van der Waals surface area contributed by atoms with E-state index in [0.717, 1.165) is 50.2 Å². The fourth-order valence-corrected chi connectivity index (χ4v) is 6.39. The van der Waals surface area contributed by atoms with Gasteiger partial charge in [-0.15, -0.1) is 11.3 Å². The summed E-state index contributed by atoms with van der Waals surface area (Å²) < 4.78 is 6.96. The summed E-state index contributed by atoms with van der Waals surface area (Å²) in [6, 6.07) is 19.4. The molecule has 36 heavy (non-hydrogen) atoms. The Labute approximate surface area is 217 Å². The van der Waals surface area contributed by atoms with E-state index in [-0.39, 0.29) is 11.5 Å². The highest BCUT2D eigenvalue weighted by molar-refractivity contribution is 7.21. The molecule has 1 aliphatic heterocycles. The summed E-state index contributed by atoms with van der Waals surface area (Å²) >= 11 is 1.44. The number of nitrogens with zero attached hydrogens (tertiary/aromatic N) is 1. The number of ketones is 1. The van der Waals surface area contributed by atoms with Crippen molar-refractivity contribution in [3.63, 3.8) is 0 Å². The van der Waals surface area contributed by atoms with Gasteiger partial charge in [0, 0.05) is 27.8 Å². The zero-order chi connectivity index (χ0) is 25.1. The molecule has 2 heterocycles. The Bertz CT molecular complexity index is 1340. The average molecular weight is 500 g/mol. The number of aryl methyl sites for hydroxylation is 2. The lowest BCUT2D eigenvalue weighted by molar-refractivity contribution is 0.104. The Hall–Kier alpha value is -3.15. The Kier molecular flexibility index (Phi) is 7.40. The van der Waals surface area contributed by atoms with Gasteiger partial charge in [0.1, 0.15) is 18.1 Å². The molecule has 0 spiro atoms. The molecule has 0 unspecified atom stereocenters. The number of benzene rings is 3. The van der Waals surface area contributed by atoms with E-state index in [1.807, 2.05) is 62.4 Å². The van der Waals surface area contributed by atoms with Gasteiger partial charge >= 0.3 is 0 Å². The zero-order valence-corrected chi connectivity index (χ0v) is 21.9. The number of phenolic OH excluding ortho intramolecular Hbond substituents is 1. The molecule has 3 aromatic carbocycles. The quantitative estimate of drug-likeness (QED) is 0.270. The number of thiophene rings is 1. The fraction of sp³-hybridized carbons (Fsp3) is 0.323. The number of ether oxygens (including phenoxy) is 1. The normalized spacial score (nSPS) is 14.6. The van der Waals surface area contributed by atoms with Crippen LogP contribution in [-0.2, 0) is 0 Å². The van der Waals surface area contributed by atoms with E-state index in [9.17, 15) is 9.90 Å². The van der Waals surface area contributed by atoms with Gasteiger partial charge in [0.15, 0.2) is 0 Å². The molecule has 0 amide bonds. The minimum atomic E-state index is 0.0269. The topological polar surface area (TPSA) is 49.8 Å². The van der Waals surface area contributed by atoms with Crippen molar-refractivity contribution >= 4 is 27.2 Å². The summed E-state index contributed by atoms with van der Waals surface area (Å²) in [5, 5.41) is 11.0. The summed E-state index contributed by atoms with van der Waals surface area (Å²) in [6.07, 6.45) is 5.24. The predicted octanol–water partition coefficient (Wildman–Crippen LogP) is 7.38. The molecule has 0 saturated carbocycles. The van der Waals surface area contributed by atoms with Crippen LogP contribution in [0, 0.1) is 13.8 Å². The SMILES string of the molecule is Cc1cccc(C)c1C(=O)c1sc2cc(O)ccc2c1-c1ccc(OCCN2CCCCCC2)cc1. The molecule has 0 radical (unpaired) electrons. The minimum absolute atomic E-state index is 0.0269. The molecule has 5 heteroatoms. The van der Waals surface area contributed by atoms with Crippen LogP contribution in [-0.4, -0.2) is 42.0 Å². The lowest BCUT2D eigenvalue weighted by atomic mass is 9.94. The molecule has 5 rings (SSSR count). The van der Waals surface area contributed by atoms with Crippen LogP contribution in [0.1, 0.15) is 52.0 Å². The lowest BCUT2D eigenvalue weighted by Gasteiger charge is -2.19. The Morgan fingerprint density at radius 2 is 1.64 bits per heavy atom. The largest absolute Gasteiger partial charge is 0.508 e. The number of hydrogen-bond donors (Lipinski definition) is 1. The fourth-order valence-electron chi connectivity index (χ4n) is 5.19. The van der Waals surface area contributed by atoms with Crippen molar-refractivity contribution in [1.82, 2.24) is 4.90 Å². The second-order valence-corrected chi connectivity index (χ2v) is 10.8. The highest BCUT2D eigenvalue weighted by Gasteiger charge is 2.23. The van der Waals surface area contributed by atoms with E-state index < -0.39 is 0 Å². The maximum absolute atomic E-state index is 13.8. The van der Waals surface area contributed by atoms with Gasteiger partial charge in [0.25, 0.3) is 0 Å². The molecule has 1 aromatic heterocycles. The molecule has 1 saturated heterocycles. The maximum Gasteiger partial charge on any atom is 0.204 e. The van der Waals surface area contributed by atoms with E-state index in [1.54, 1.807) is 12.1 Å². The van der Waals surface area contributed by atoms with E-state index in [2.05, 4.69) is 4.90 Å². The summed E-state index contributed by atoms with van der Waals surface area (Å²) in [6.45, 7) is 7.93. The molecule has 0 bridgehead atoms. The van der Waals surface area contributed by atoms with Crippen LogP contribution < -0.4 is 4.74 Å². The molecule has 4 nitrogen and oxygen atoms in total. The second kappa shape index (κ2) is 10.9. The van der Waals surface area contributed by atoms with Gasteiger partial charge in [-0.05, 0) is 86.8 Å². The van der Waals surface area contributed by atoms with E-state index in [1.165, 1.54) is 50.1 Å². The first kappa shape index (κ1) is 24.5. The summed E-state index contributed by atoms with van der Waals surface area (Å²) in [4.78, 5) is 17.0. The monoisotopic (exact) mass is 499 g/mol. The first-order chi connectivity index (χ1) is 17.5. The van der Waals surface area contributed by atoms with Gasteiger partial charge in [0.05, 0.1) is 4.88 Å². The third-order valence-electron chi connectivity index (χ3n) is 7.11. The molecule has 0 atom stereocenters. The van der Waals surface area contributed by atoms with E-state index in [4.69, 9.17) is 4.74 Å². The van der Waals surface area contributed by atoms with E-state index >= 15 is 0 Å². The average Bonchev–Trinajstić information content (AvgIpc) is 3.04. The minimum Gasteiger partial charge on any atom is -0.508 e. The Balaban J connectivity index is 1.43. The van der Waals surface area contributed by atoms with Crippen molar-refractivity contribution in [2.75, 3.05) is 26.2 Å². The standard InChI is InChI=1S/C31H33NO3S/c1-21-8-7-9-22(2)28(21)30(34)31-29(26-15-12-24(33)20-27(26)36-31)23-10-13-25(14-11-23)35-19-18-32-16-5-3-4-6-17-32/h7-15,20,33H,3-6,16-19H2,1-2H3. The highest BCUT2D eigenvalue weighted by Crippen LogP contribution is 2.42. The number of hydrogen-bond acceptors (Lipinski definition) is 5. The third kappa shape index (κ3) is 5.18. The van der Waals surface area contributed by atoms with Crippen molar-refractivity contribution in [2.45, 2.75) is 39.5 Å². The van der Waals surface area contributed by atoms with Crippen molar-refractivity contribution in [1.29, 1.82) is 0 Å². The van der Waals surface area contributed by atoms with Crippen LogP contribution in [0.5, 0.6) is 11.5 Å². The van der Waals surface area contributed by atoms with Crippen molar-refractivity contribution < 1.29 is 14.6 Å². The van der Waals surface area contributed by atoms with Gasteiger partial charge in [-0.1, -0.05) is 43.2 Å². The summed E-state index contributed by atoms with van der Waals surface area (Å²) in [5.41, 5.74) is 4.59. The number of likely N-dealkylation sites (tertiary alicyclic amines) is 1. The van der Waals surface area contributed by atoms with Crippen LogP contribution in [0.25, 0.3) is 21.2 Å². The number of rotatable bonds is 7. The lowest BCUT2D eigenvalue weighted by Crippen LogP contribution is -2.29. The molecule has 186 valence electrons. The number of carbonyl (C=O) groups excluding carboxylic acids is 1. The summed E-state index contributed by atoms with van der Waals surface area (Å²) in [5.74, 6) is 1.07. The first-order valence-electron chi connectivity index (χ1n) is 12.8. The van der Waals surface area contributed by atoms with Crippen LogP contribution in [0.3, 0.4) is 0 Å². The van der Waals surface area contributed by atoms with Crippen LogP contribution in [0.15, 0.2) is 60.7 Å². The number of phenols is 1. The van der Waals surface area contributed by atoms with Crippen LogP contribution >= 0.6 is 11.3 Å². The Morgan fingerprint density at radius 1 is 0.944 bits per heavy atom. The third-order valence-corrected chi connectivity index (χ3v) is 8.26. The van der Waals surface area contributed by atoms with Gasteiger partial charge in [-0.2, -0.15) is 0 Å². The molecular formula is C31H33NO3S. The molecule has 1 aliphatic rings. The van der Waals surface area contributed by atoms with Gasteiger partial charge in [-0.25, -0.2) is 0 Å². The molecule has 1 N–H and O–H groups in total. The molecule has 1 fully saturated rings. The van der Waals surface area contributed by atoms with Gasteiger partial charge in [0.2, 0.25) is 5.78 Å². The molecule has 0 aliphatic carbocycles. The Morgan fingerprint density at radius 3 is 2.33 bits per heavy atom. The van der Waals surface area contributed by atoms with E-state index in [0.29, 0.717) is 11.5 Å². The van der Waals surface area contributed by atoms with Crippen LogP contribution in [0.2, 0.25) is 0 Å². The number of fused-ring (bicyclic) bond motifs is 1. The van der Waals surface area contributed by atoms with Crippen molar-refractivity contribution in [3.05, 3.63) is 82.2 Å². The smallest absolute Gasteiger partial charge is 0.204 e. The zero-order valence-electron chi connectivity index (χ0n) is 21.0. The van der Waals surface area contributed by atoms with Crippen molar-refractivity contribution in [3.8, 4) is 22.6 Å².